The van der Waals surface area contributed by atoms with Gasteiger partial charge >= 0.3 is 0 Å². The second-order valence-corrected chi connectivity index (χ2v) is 4.71. The first-order chi connectivity index (χ1) is 8.97. The Morgan fingerprint density at radius 1 is 1.26 bits per heavy atom. The molecule has 0 fully saturated rings. The molecule has 5 heteroatoms. The molecular formula is C14H14ClN3O. The van der Waals surface area contributed by atoms with Crippen molar-refractivity contribution in [1.29, 1.82) is 5.41 Å². The lowest BCUT2D eigenvalue weighted by atomic mass is 10.1. The summed E-state index contributed by atoms with van der Waals surface area (Å²) in [5.41, 5.74) is 7.83. The third-order valence-corrected chi connectivity index (χ3v) is 2.90. The zero-order chi connectivity index (χ0) is 14.0. The molecular weight excluding hydrogens is 262 g/mol. The highest BCUT2D eigenvalue weighted by Crippen LogP contribution is 2.30. The first kappa shape index (κ1) is 13.4. The Morgan fingerprint density at radius 2 is 1.89 bits per heavy atom. The number of halogens is 1. The van der Waals surface area contributed by atoms with Crippen LogP contribution in [-0.4, -0.2) is 10.8 Å². The minimum Gasteiger partial charge on any atom is -0.438 e. The molecule has 0 spiro atoms. The minimum absolute atomic E-state index is 0.0158. The zero-order valence-electron chi connectivity index (χ0n) is 10.7. The van der Waals surface area contributed by atoms with Gasteiger partial charge in [0.2, 0.25) is 5.88 Å². The van der Waals surface area contributed by atoms with Gasteiger partial charge in [0, 0.05) is 22.8 Å². The van der Waals surface area contributed by atoms with Crippen molar-refractivity contribution >= 4 is 17.4 Å². The Balaban J connectivity index is 2.29. The lowest BCUT2D eigenvalue weighted by molar-refractivity contribution is 0.456. The Bertz CT molecular complexity index is 600. The van der Waals surface area contributed by atoms with Crippen LogP contribution in [0.5, 0.6) is 11.6 Å². The standard InChI is InChI=1S/C14H14ClN3O/c1-8-5-11(15)6-9(2)13(8)19-12-4-3-10(7-18-12)14(16)17/h3-7H,1-2H3,(H3,16,17). The van der Waals surface area contributed by atoms with Crippen LogP contribution in [0.4, 0.5) is 0 Å². The highest BCUT2D eigenvalue weighted by Gasteiger charge is 2.08. The van der Waals surface area contributed by atoms with E-state index in [1.165, 1.54) is 6.20 Å². The SMILES string of the molecule is Cc1cc(Cl)cc(C)c1Oc1ccc(C(=N)N)cn1. The summed E-state index contributed by atoms with van der Waals surface area (Å²) in [6, 6.07) is 7.07. The number of rotatable bonds is 3. The maximum absolute atomic E-state index is 7.30. The average molecular weight is 276 g/mol. The molecule has 1 heterocycles. The van der Waals surface area contributed by atoms with Crippen molar-refractivity contribution in [2.24, 2.45) is 5.73 Å². The molecule has 0 amide bonds. The fourth-order valence-corrected chi connectivity index (χ4v) is 2.09. The number of hydrogen-bond acceptors (Lipinski definition) is 3. The molecule has 3 N–H and O–H groups in total. The van der Waals surface area contributed by atoms with Gasteiger partial charge in [0.05, 0.1) is 0 Å². The molecule has 1 aromatic carbocycles. The van der Waals surface area contributed by atoms with Crippen LogP contribution in [0, 0.1) is 19.3 Å². The summed E-state index contributed by atoms with van der Waals surface area (Å²) in [7, 11) is 0. The van der Waals surface area contributed by atoms with E-state index in [-0.39, 0.29) is 5.84 Å². The molecule has 19 heavy (non-hydrogen) atoms. The average Bonchev–Trinajstić information content (AvgIpc) is 2.34. The normalized spacial score (nSPS) is 10.3. The maximum atomic E-state index is 7.30. The van der Waals surface area contributed by atoms with E-state index in [1.54, 1.807) is 12.1 Å². The first-order valence-electron chi connectivity index (χ1n) is 5.72. The summed E-state index contributed by atoms with van der Waals surface area (Å²) in [4.78, 5) is 4.12. The molecule has 0 atom stereocenters. The number of ether oxygens (including phenoxy) is 1. The quantitative estimate of drug-likeness (QED) is 0.666. The molecule has 0 radical (unpaired) electrons. The summed E-state index contributed by atoms with van der Waals surface area (Å²) in [6.07, 6.45) is 1.51. The first-order valence-corrected chi connectivity index (χ1v) is 6.10. The fraction of sp³-hybridized carbons (Fsp3) is 0.143. The molecule has 2 aromatic rings. The predicted octanol–water partition coefficient (Wildman–Crippen LogP) is 3.43. The second kappa shape index (κ2) is 5.28. The summed E-state index contributed by atoms with van der Waals surface area (Å²) in [6.45, 7) is 3.86. The zero-order valence-corrected chi connectivity index (χ0v) is 11.5. The van der Waals surface area contributed by atoms with Crippen LogP contribution < -0.4 is 10.5 Å². The Morgan fingerprint density at radius 3 is 2.37 bits per heavy atom. The maximum Gasteiger partial charge on any atom is 0.219 e. The number of nitrogens with zero attached hydrogens (tertiary/aromatic N) is 1. The monoisotopic (exact) mass is 275 g/mol. The molecule has 0 unspecified atom stereocenters. The molecule has 0 saturated heterocycles. The largest absolute Gasteiger partial charge is 0.438 e. The van der Waals surface area contributed by atoms with Gasteiger partial charge in [-0.25, -0.2) is 4.98 Å². The topological polar surface area (TPSA) is 72.0 Å². The van der Waals surface area contributed by atoms with Crippen LogP contribution in [0.2, 0.25) is 5.02 Å². The number of hydrogen-bond donors (Lipinski definition) is 2. The van der Waals surface area contributed by atoms with E-state index in [4.69, 9.17) is 27.5 Å². The van der Waals surface area contributed by atoms with Crippen molar-refractivity contribution in [2.45, 2.75) is 13.8 Å². The van der Waals surface area contributed by atoms with Crippen molar-refractivity contribution < 1.29 is 4.74 Å². The van der Waals surface area contributed by atoms with E-state index in [2.05, 4.69) is 4.98 Å². The van der Waals surface area contributed by atoms with E-state index >= 15 is 0 Å². The molecule has 2 rings (SSSR count). The highest BCUT2D eigenvalue weighted by atomic mass is 35.5. The number of pyridine rings is 1. The molecule has 0 aliphatic heterocycles. The van der Waals surface area contributed by atoms with E-state index in [1.807, 2.05) is 26.0 Å². The van der Waals surface area contributed by atoms with Crippen LogP contribution >= 0.6 is 11.6 Å². The van der Waals surface area contributed by atoms with Crippen LogP contribution in [0.25, 0.3) is 0 Å². The number of nitrogen functional groups attached to an aromatic ring is 1. The van der Waals surface area contributed by atoms with Crippen LogP contribution in [-0.2, 0) is 0 Å². The molecule has 0 aliphatic carbocycles. The molecule has 4 nitrogen and oxygen atoms in total. The molecule has 98 valence electrons. The fourth-order valence-electron chi connectivity index (χ4n) is 1.76. The summed E-state index contributed by atoms with van der Waals surface area (Å²) in [5, 5.41) is 7.98. The van der Waals surface area contributed by atoms with Gasteiger partial charge in [-0.15, -0.1) is 0 Å². The number of aromatic nitrogens is 1. The molecule has 0 aliphatic rings. The van der Waals surface area contributed by atoms with E-state index < -0.39 is 0 Å². The van der Waals surface area contributed by atoms with Crippen molar-refractivity contribution in [1.82, 2.24) is 4.98 Å². The van der Waals surface area contributed by atoms with Crippen molar-refractivity contribution in [2.75, 3.05) is 0 Å². The number of benzene rings is 1. The van der Waals surface area contributed by atoms with Gasteiger partial charge < -0.3 is 10.5 Å². The summed E-state index contributed by atoms with van der Waals surface area (Å²) in [5.74, 6) is 1.18. The second-order valence-electron chi connectivity index (χ2n) is 4.27. The van der Waals surface area contributed by atoms with E-state index in [0.717, 1.165) is 16.9 Å². The van der Waals surface area contributed by atoms with Crippen LogP contribution in [0.3, 0.4) is 0 Å². The molecule has 1 aromatic heterocycles. The van der Waals surface area contributed by atoms with Gasteiger partial charge in [0.25, 0.3) is 0 Å². The van der Waals surface area contributed by atoms with Crippen molar-refractivity contribution in [3.05, 3.63) is 52.2 Å². The van der Waals surface area contributed by atoms with Crippen LogP contribution in [0.1, 0.15) is 16.7 Å². The summed E-state index contributed by atoms with van der Waals surface area (Å²) < 4.78 is 5.75. The summed E-state index contributed by atoms with van der Waals surface area (Å²) >= 11 is 5.97. The Labute approximate surface area is 116 Å². The Kier molecular flexibility index (Phi) is 3.71. The highest BCUT2D eigenvalue weighted by molar-refractivity contribution is 6.30. The lowest BCUT2D eigenvalue weighted by Crippen LogP contribution is -2.11. The van der Waals surface area contributed by atoms with Crippen LogP contribution in [0.15, 0.2) is 30.5 Å². The van der Waals surface area contributed by atoms with E-state index in [0.29, 0.717) is 16.5 Å². The lowest BCUT2D eigenvalue weighted by Gasteiger charge is -2.11. The Hall–Kier alpha value is -2.07. The number of nitrogens with two attached hydrogens (primary N) is 1. The van der Waals surface area contributed by atoms with Crippen molar-refractivity contribution in [3.63, 3.8) is 0 Å². The molecule has 0 bridgehead atoms. The van der Waals surface area contributed by atoms with Crippen molar-refractivity contribution in [3.8, 4) is 11.6 Å². The van der Waals surface area contributed by atoms with Gasteiger partial charge in [0.1, 0.15) is 11.6 Å². The number of amidine groups is 1. The van der Waals surface area contributed by atoms with Gasteiger partial charge in [-0.05, 0) is 43.2 Å². The smallest absolute Gasteiger partial charge is 0.219 e. The minimum atomic E-state index is -0.0158. The van der Waals surface area contributed by atoms with Gasteiger partial charge in [-0.3, -0.25) is 5.41 Å². The molecule has 0 saturated carbocycles. The predicted molar refractivity (Wildman–Crippen MR) is 76.3 cm³/mol. The van der Waals surface area contributed by atoms with Gasteiger partial charge in [-0.2, -0.15) is 0 Å². The third kappa shape index (κ3) is 3.03. The number of aryl methyl sites for hydroxylation is 2. The van der Waals surface area contributed by atoms with Gasteiger partial charge in [0.15, 0.2) is 0 Å². The van der Waals surface area contributed by atoms with Gasteiger partial charge in [-0.1, -0.05) is 11.6 Å². The van der Waals surface area contributed by atoms with E-state index in [9.17, 15) is 0 Å². The third-order valence-electron chi connectivity index (χ3n) is 2.68. The number of nitrogens with one attached hydrogen (secondary N) is 1.